The van der Waals surface area contributed by atoms with Crippen molar-refractivity contribution < 1.29 is 8.78 Å². The lowest BCUT2D eigenvalue weighted by molar-refractivity contribution is 0.151. The molecule has 0 radical (unpaired) electrons. The molecule has 0 fully saturated rings. The predicted octanol–water partition coefficient (Wildman–Crippen LogP) is 2.99. The number of anilines is 1. The molecule has 0 bridgehead atoms. The van der Waals surface area contributed by atoms with Crippen molar-refractivity contribution in [2.45, 2.75) is 12.3 Å². The van der Waals surface area contributed by atoms with Crippen molar-refractivity contribution >= 4 is 29.0 Å². The first-order valence-electron chi connectivity index (χ1n) is 3.35. The van der Waals surface area contributed by atoms with Gasteiger partial charge in [-0.1, -0.05) is 11.6 Å². The number of hydrogen-bond donors (Lipinski definition) is 1. The Hall–Kier alpha value is -0.610. The van der Waals surface area contributed by atoms with Crippen LogP contribution in [0.1, 0.15) is 17.6 Å². The molecule has 1 aromatic rings. The molecule has 0 saturated heterocycles. The van der Waals surface area contributed by atoms with Crippen LogP contribution in [0.5, 0.6) is 0 Å². The Morgan fingerprint density at radius 2 is 2.15 bits per heavy atom. The van der Waals surface area contributed by atoms with Gasteiger partial charge < -0.3 is 5.73 Å². The lowest BCUT2D eigenvalue weighted by atomic mass is 10.2. The van der Waals surface area contributed by atoms with E-state index in [0.29, 0.717) is 5.56 Å². The highest BCUT2D eigenvalue weighted by molar-refractivity contribution is 6.30. The Labute approximate surface area is 83.7 Å². The number of alkyl halides is 3. The normalized spacial score (nSPS) is 10.8. The Morgan fingerprint density at radius 3 is 2.62 bits per heavy atom. The average Bonchev–Trinajstić information content (AvgIpc) is 2.03. The van der Waals surface area contributed by atoms with Crippen LogP contribution in [-0.4, -0.2) is 4.98 Å². The molecule has 72 valence electrons. The summed E-state index contributed by atoms with van der Waals surface area (Å²) in [5, 5.41) is -0.277. The molecule has 0 spiro atoms. The minimum Gasteiger partial charge on any atom is -0.383 e. The van der Waals surface area contributed by atoms with Crippen molar-refractivity contribution in [2.24, 2.45) is 0 Å². The molecule has 2 N–H and O–H groups in total. The molecular formula is C7H6Cl2F2N2. The van der Waals surface area contributed by atoms with Gasteiger partial charge in [0.25, 0.3) is 6.43 Å². The predicted molar refractivity (Wildman–Crippen MR) is 48.2 cm³/mol. The largest absolute Gasteiger partial charge is 0.383 e. The molecule has 0 aliphatic carbocycles. The monoisotopic (exact) mass is 226 g/mol. The summed E-state index contributed by atoms with van der Waals surface area (Å²) in [4.78, 5) is 3.54. The van der Waals surface area contributed by atoms with E-state index in [1.54, 1.807) is 0 Å². The molecule has 2 nitrogen and oxygen atoms in total. The van der Waals surface area contributed by atoms with Crippen molar-refractivity contribution in [3.8, 4) is 0 Å². The molecule has 0 amide bonds. The summed E-state index contributed by atoms with van der Waals surface area (Å²) in [6.45, 7) is 0. The Balaban J connectivity index is 3.22. The SMILES string of the molecule is Nc1nc(Cl)c(C(F)F)cc1CCl. The summed E-state index contributed by atoms with van der Waals surface area (Å²) < 4.78 is 24.5. The van der Waals surface area contributed by atoms with E-state index in [1.165, 1.54) is 6.07 Å². The fourth-order valence-corrected chi connectivity index (χ4v) is 1.27. The van der Waals surface area contributed by atoms with Crippen LogP contribution in [0, 0.1) is 0 Å². The van der Waals surface area contributed by atoms with Crippen LogP contribution in [0.4, 0.5) is 14.6 Å². The van der Waals surface area contributed by atoms with Crippen LogP contribution in [0.2, 0.25) is 5.15 Å². The van der Waals surface area contributed by atoms with Gasteiger partial charge in [0.05, 0.1) is 11.4 Å². The van der Waals surface area contributed by atoms with Crippen LogP contribution < -0.4 is 5.73 Å². The second kappa shape index (κ2) is 4.07. The molecule has 1 aromatic heterocycles. The molecule has 0 aliphatic heterocycles. The average molecular weight is 227 g/mol. The highest BCUT2D eigenvalue weighted by Crippen LogP contribution is 2.28. The molecule has 0 aromatic carbocycles. The minimum absolute atomic E-state index is 0.0374. The Kier molecular flexibility index (Phi) is 3.27. The van der Waals surface area contributed by atoms with Crippen LogP contribution in [-0.2, 0) is 5.88 Å². The van der Waals surface area contributed by atoms with E-state index in [2.05, 4.69) is 4.98 Å². The molecule has 0 atom stereocenters. The molecule has 0 aliphatic rings. The number of hydrogen-bond acceptors (Lipinski definition) is 2. The van der Waals surface area contributed by atoms with Gasteiger partial charge >= 0.3 is 0 Å². The summed E-state index contributed by atoms with van der Waals surface area (Å²) in [5.41, 5.74) is 5.40. The summed E-state index contributed by atoms with van der Waals surface area (Å²) in [6, 6.07) is 1.17. The number of pyridine rings is 1. The third kappa shape index (κ3) is 2.19. The van der Waals surface area contributed by atoms with Crippen molar-refractivity contribution in [1.29, 1.82) is 0 Å². The number of nitrogens with two attached hydrogens (primary N) is 1. The van der Waals surface area contributed by atoms with E-state index >= 15 is 0 Å². The summed E-state index contributed by atoms with van der Waals surface area (Å²) in [7, 11) is 0. The first kappa shape index (κ1) is 10.5. The highest BCUT2D eigenvalue weighted by atomic mass is 35.5. The van der Waals surface area contributed by atoms with E-state index in [9.17, 15) is 8.78 Å². The summed E-state index contributed by atoms with van der Waals surface area (Å²) in [5.74, 6) is 0.125. The summed E-state index contributed by atoms with van der Waals surface area (Å²) in [6.07, 6.45) is -2.66. The standard InChI is InChI=1S/C7H6Cl2F2N2/c8-2-3-1-4(6(10)11)5(9)13-7(3)12/h1,6H,2H2,(H2,12,13). The van der Waals surface area contributed by atoms with Gasteiger partial charge in [-0.25, -0.2) is 13.8 Å². The van der Waals surface area contributed by atoms with E-state index in [0.717, 1.165) is 0 Å². The van der Waals surface area contributed by atoms with Gasteiger partial charge in [0.1, 0.15) is 11.0 Å². The molecule has 13 heavy (non-hydrogen) atoms. The zero-order valence-corrected chi connectivity index (χ0v) is 7.91. The fraction of sp³-hybridized carbons (Fsp3) is 0.286. The number of nitrogens with zero attached hydrogens (tertiary/aromatic N) is 1. The number of halogens is 4. The Morgan fingerprint density at radius 1 is 1.54 bits per heavy atom. The van der Waals surface area contributed by atoms with Crippen LogP contribution in [0.25, 0.3) is 0 Å². The second-order valence-electron chi connectivity index (χ2n) is 2.35. The smallest absolute Gasteiger partial charge is 0.266 e. The lowest BCUT2D eigenvalue weighted by Crippen LogP contribution is -2.00. The number of nitrogen functional groups attached to an aromatic ring is 1. The zero-order valence-electron chi connectivity index (χ0n) is 6.40. The molecular weight excluding hydrogens is 221 g/mol. The van der Waals surface area contributed by atoms with E-state index in [1.807, 2.05) is 0 Å². The zero-order chi connectivity index (χ0) is 10.0. The summed E-state index contributed by atoms with van der Waals surface area (Å²) >= 11 is 10.9. The molecule has 0 unspecified atom stereocenters. The first-order valence-corrected chi connectivity index (χ1v) is 4.26. The second-order valence-corrected chi connectivity index (χ2v) is 2.97. The number of rotatable bonds is 2. The van der Waals surface area contributed by atoms with Gasteiger partial charge in [-0.3, -0.25) is 0 Å². The van der Waals surface area contributed by atoms with E-state index < -0.39 is 6.43 Å². The molecule has 1 rings (SSSR count). The highest BCUT2D eigenvalue weighted by Gasteiger charge is 2.15. The fourth-order valence-electron chi connectivity index (χ4n) is 0.823. The van der Waals surface area contributed by atoms with Crippen molar-refractivity contribution in [3.63, 3.8) is 0 Å². The first-order chi connectivity index (χ1) is 6.06. The van der Waals surface area contributed by atoms with Gasteiger partial charge in [-0.2, -0.15) is 0 Å². The van der Waals surface area contributed by atoms with Gasteiger partial charge in [-0.15, -0.1) is 11.6 Å². The topological polar surface area (TPSA) is 38.9 Å². The number of aromatic nitrogens is 1. The lowest BCUT2D eigenvalue weighted by Gasteiger charge is -2.06. The van der Waals surface area contributed by atoms with Crippen molar-refractivity contribution in [1.82, 2.24) is 4.98 Å². The van der Waals surface area contributed by atoms with E-state index in [-0.39, 0.29) is 22.4 Å². The molecule has 6 heteroatoms. The van der Waals surface area contributed by atoms with Gasteiger partial charge in [0.2, 0.25) is 0 Å². The van der Waals surface area contributed by atoms with E-state index in [4.69, 9.17) is 28.9 Å². The maximum absolute atomic E-state index is 12.3. The van der Waals surface area contributed by atoms with Crippen LogP contribution >= 0.6 is 23.2 Å². The van der Waals surface area contributed by atoms with Crippen LogP contribution in [0.15, 0.2) is 6.07 Å². The molecule has 1 heterocycles. The Bertz CT molecular complexity index is 318. The quantitative estimate of drug-likeness (QED) is 0.622. The minimum atomic E-state index is -2.66. The third-order valence-electron chi connectivity index (χ3n) is 1.49. The van der Waals surface area contributed by atoms with Gasteiger partial charge in [0, 0.05) is 5.56 Å². The van der Waals surface area contributed by atoms with Gasteiger partial charge in [0.15, 0.2) is 0 Å². The molecule has 0 saturated carbocycles. The maximum Gasteiger partial charge on any atom is 0.266 e. The van der Waals surface area contributed by atoms with Gasteiger partial charge in [-0.05, 0) is 6.07 Å². The van der Waals surface area contributed by atoms with Crippen molar-refractivity contribution in [3.05, 3.63) is 22.3 Å². The maximum atomic E-state index is 12.3. The van der Waals surface area contributed by atoms with Crippen molar-refractivity contribution in [2.75, 3.05) is 5.73 Å². The van der Waals surface area contributed by atoms with Crippen LogP contribution in [0.3, 0.4) is 0 Å². The third-order valence-corrected chi connectivity index (χ3v) is 2.09.